The van der Waals surface area contributed by atoms with Crippen LogP contribution in [0.1, 0.15) is 25.8 Å². The first kappa shape index (κ1) is 17.9. The summed E-state index contributed by atoms with van der Waals surface area (Å²) in [5.74, 6) is 0. The average molecular weight is 306 g/mol. The van der Waals surface area contributed by atoms with Gasteiger partial charge in [-0.05, 0) is 25.6 Å². The number of benzene rings is 1. The van der Waals surface area contributed by atoms with Crippen molar-refractivity contribution < 1.29 is 10.0 Å². The average Bonchev–Trinajstić information content (AvgIpc) is 2.54. The van der Waals surface area contributed by atoms with Crippen molar-refractivity contribution in [3.63, 3.8) is 0 Å². The van der Waals surface area contributed by atoms with Crippen LogP contribution in [0, 0.1) is 21.4 Å². The second kappa shape index (κ2) is 8.97. The maximum atomic E-state index is 10.7. The number of hydrogen-bond donors (Lipinski definition) is 2. The molecule has 7 nitrogen and oxygen atoms in total. The number of aliphatic hydroxyl groups is 1. The molecule has 0 saturated heterocycles. The molecule has 0 unspecified atom stereocenters. The Bertz CT molecular complexity index is 538. The smallest absolute Gasteiger partial charge is 0.270 e. The third-order valence-electron chi connectivity index (χ3n) is 3.60. The summed E-state index contributed by atoms with van der Waals surface area (Å²) in [4.78, 5) is 12.4. The van der Waals surface area contributed by atoms with E-state index in [0.717, 1.165) is 26.1 Å². The number of anilines is 1. The van der Waals surface area contributed by atoms with E-state index in [1.165, 1.54) is 18.2 Å². The van der Waals surface area contributed by atoms with Gasteiger partial charge in [-0.1, -0.05) is 13.8 Å². The minimum atomic E-state index is -0.533. The topological polar surface area (TPSA) is 102 Å². The van der Waals surface area contributed by atoms with Crippen molar-refractivity contribution in [3.8, 4) is 6.07 Å². The fourth-order valence-electron chi connectivity index (χ4n) is 2.17. The van der Waals surface area contributed by atoms with E-state index in [9.17, 15) is 15.2 Å². The highest BCUT2D eigenvalue weighted by Gasteiger charge is 2.14. The van der Waals surface area contributed by atoms with E-state index in [4.69, 9.17) is 5.26 Å². The molecule has 120 valence electrons. The van der Waals surface area contributed by atoms with Gasteiger partial charge in [-0.15, -0.1) is 0 Å². The number of aliphatic hydroxyl groups excluding tert-OH is 1. The van der Waals surface area contributed by atoms with Gasteiger partial charge in [0.15, 0.2) is 0 Å². The van der Waals surface area contributed by atoms with Crippen molar-refractivity contribution >= 4 is 11.4 Å². The molecule has 1 atom stereocenters. The van der Waals surface area contributed by atoms with Crippen LogP contribution in [0.4, 0.5) is 11.4 Å². The van der Waals surface area contributed by atoms with Crippen molar-refractivity contribution in [2.45, 2.75) is 26.3 Å². The van der Waals surface area contributed by atoms with Crippen LogP contribution in [0.5, 0.6) is 0 Å². The molecule has 0 saturated carbocycles. The van der Waals surface area contributed by atoms with E-state index < -0.39 is 4.92 Å². The van der Waals surface area contributed by atoms with Gasteiger partial charge in [-0.3, -0.25) is 10.1 Å². The predicted molar refractivity (Wildman–Crippen MR) is 84.7 cm³/mol. The van der Waals surface area contributed by atoms with Crippen LogP contribution in [0.2, 0.25) is 0 Å². The van der Waals surface area contributed by atoms with Crippen molar-refractivity contribution in [2.24, 2.45) is 0 Å². The molecule has 0 bridgehead atoms. The Labute approximate surface area is 130 Å². The van der Waals surface area contributed by atoms with Crippen LogP contribution in [-0.2, 0) is 0 Å². The van der Waals surface area contributed by atoms with Crippen molar-refractivity contribution in [3.05, 3.63) is 33.9 Å². The Kier molecular flexibility index (Phi) is 7.29. The molecule has 0 heterocycles. The van der Waals surface area contributed by atoms with Crippen molar-refractivity contribution in [1.29, 1.82) is 5.26 Å². The first-order valence-corrected chi connectivity index (χ1v) is 7.33. The lowest BCUT2D eigenvalue weighted by atomic mass is 10.1. The van der Waals surface area contributed by atoms with Crippen LogP contribution in [0.3, 0.4) is 0 Å². The summed E-state index contributed by atoms with van der Waals surface area (Å²) in [7, 11) is 0. The second-order valence-corrected chi connectivity index (χ2v) is 4.94. The highest BCUT2D eigenvalue weighted by atomic mass is 16.6. The lowest BCUT2D eigenvalue weighted by Gasteiger charge is -2.23. The molecule has 0 fully saturated rings. The second-order valence-electron chi connectivity index (χ2n) is 4.94. The maximum Gasteiger partial charge on any atom is 0.270 e. The number of nitrogens with zero attached hydrogens (tertiary/aromatic N) is 3. The normalized spacial score (nSPS) is 12.0. The fourth-order valence-corrected chi connectivity index (χ4v) is 2.17. The molecule has 1 aromatic carbocycles. The van der Waals surface area contributed by atoms with Gasteiger partial charge in [0.25, 0.3) is 5.69 Å². The molecule has 7 heteroatoms. The first-order valence-electron chi connectivity index (χ1n) is 7.33. The molecule has 0 spiro atoms. The Morgan fingerprint density at radius 3 is 2.64 bits per heavy atom. The number of nitro groups is 1. The highest BCUT2D eigenvalue weighted by Crippen LogP contribution is 2.22. The third-order valence-corrected chi connectivity index (χ3v) is 3.60. The Balaban J connectivity index is 2.78. The van der Waals surface area contributed by atoms with Crippen LogP contribution in [-0.4, -0.2) is 47.2 Å². The summed E-state index contributed by atoms with van der Waals surface area (Å²) in [6.45, 7) is 6.80. The van der Waals surface area contributed by atoms with E-state index in [2.05, 4.69) is 24.1 Å². The van der Waals surface area contributed by atoms with Gasteiger partial charge in [0.05, 0.1) is 28.8 Å². The van der Waals surface area contributed by atoms with E-state index in [1.54, 1.807) is 0 Å². The van der Waals surface area contributed by atoms with E-state index in [-0.39, 0.29) is 23.9 Å². The molecular weight excluding hydrogens is 284 g/mol. The standard InChI is InChI=1S/C15H22N4O3/c1-3-18(4-2)8-7-13(11-20)17-15-6-5-14(19(21)22)9-12(15)10-16/h5-6,9,13,17,20H,3-4,7-8,11H2,1-2H3/t13-/m1/s1. The summed E-state index contributed by atoms with van der Waals surface area (Å²) in [5, 5.41) is 32.4. The number of non-ortho nitro benzene ring substituents is 1. The van der Waals surface area contributed by atoms with Crippen LogP contribution in [0.15, 0.2) is 18.2 Å². The van der Waals surface area contributed by atoms with Gasteiger partial charge in [0, 0.05) is 18.7 Å². The van der Waals surface area contributed by atoms with Gasteiger partial charge >= 0.3 is 0 Å². The zero-order valence-corrected chi connectivity index (χ0v) is 13.0. The third kappa shape index (κ3) is 4.98. The van der Waals surface area contributed by atoms with Gasteiger partial charge in [0.1, 0.15) is 6.07 Å². The Morgan fingerprint density at radius 2 is 2.14 bits per heavy atom. The van der Waals surface area contributed by atoms with Gasteiger partial charge in [-0.2, -0.15) is 5.26 Å². The highest BCUT2D eigenvalue weighted by molar-refractivity contribution is 5.61. The van der Waals surface area contributed by atoms with E-state index in [1.807, 2.05) is 6.07 Å². The van der Waals surface area contributed by atoms with Crippen molar-refractivity contribution in [1.82, 2.24) is 4.90 Å². The van der Waals surface area contributed by atoms with Gasteiger partial charge < -0.3 is 15.3 Å². The largest absolute Gasteiger partial charge is 0.394 e. The van der Waals surface area contributed by atoms with Gasteiger partial charge in [-0.25, -0.2) is 0 Å². The molecule has 1 rings (SSSR count). The summed E-state index contributed by atoms with van der Waals surface area (Å²) >= 11 is 0. The van der Waals surface area contributed by atoms with E-state index >= 15 is 0 Å². The number of nitrogens with one attached hydrogen (secondary N) is 1. The molecule has 0 aliphatic heterocycles. The molecule has 2 N–H and O–H groups in total. The summed E-state index contributed by atoms with van der Waals surface area (Å²) < 4.78 is 0. The van der Waals surface area contributed by atoms with Gasteiger partial charge in [0.2, 0.25) is 0 Å². The van der Waals surface area contributed by atoms with E-state index in [0.29, 0.717) is 5.69 Å². The molecule has 0 aliphatic carbocycles. The summed E-state index contributed by atoms with van der Waals surface area (Å²) in [6, 6.07) is 5.85. The molecule has 0 aromatic heterocycles. The zero-order valence-electron chi connectivity index (χ0n) is 13.0. The minimum Gasteiger partial charge on any atom is -0.394 e. The van der Waals surface area contributed by atoms with Crippen molar-refractivity contribution in [2.75, 3.05) is 31.6 Å². The first-order chi connectivity index (χ1) is 10.5. The molecule has 0 amide bonds. The fraction of sp³-hybridized carbons (Fsp3) is 0.533. The number of hydrogen-bond acceptors (Lipinski definition) is 6. The number of rotatable bonds is 9. The lowest BCUT2D eigenvalue weighted by Crippen LogP contribution is -2.32. The zero-order chi connectivity index (χ0) is 16.5. The SMILES string of the molecule is CCN(CC)CC[C@H](CO)Nc1ccc([N+](=O)[O-])cc1C#N. The predicted octanol–water partition coefficient (Wildman–Crippen LogP) is 1.97. The summed E-state index contributed by atoms with van der Waals surface area (Å²) in [6.07, 6.45) is 0.722. The Hall–Kier alpha value is -2.17. The molecule has 0 radical (unpaired) electrons. The monoisotopic (exact) mass is 306 g/mol. The molecule has 1 aromatic rings. The van der Waals surface area contributed by atoms with Crippen LogP contribution < -0.4 is 5.32 Å². The lowest BCUT2D eigenvalue weighted by molar-refractivity contribution is -0.384. The number of nitriles is 1. The van der Waals surface area contributed by atoms with Crippen LogP contribution in [0.25, 0.3) is 0 Å². The quantitative estimate of drug-likeness (QED) is 0.534. The maximum absolute atomic E-state index is 10.7. The van der Waals surface area contributed by atoms with Crippen LogP contribution >= 0.6 is 0 Å². The summed E-state index contributed by atoms with van der Waals surface area (Å²) in [5.41, 5.74) is 0.591. The molecular formula is C15H22N4O3. The molecule has 0 aliphatic rings. The Morgan fingerprint density at radius 1 is 1.45 bits per heavy atom. The molecule has 22 heavy (non-hydrogen) atoms. The number of nitro benzene ring substituents is 1. The minimum absolute atomic E-state index is 0.0663.